The quantitative estimate of drug-likeness (QED) is 0.533. The second-order valence-corrected chi connectivity index (χ2v) is 10.4. The molecule has 30 heavy (non-hydrogen) atoms. The maximum absolute atomic E-state index is 5.80. The molecule has 158 valence electrons. The van der Waals surface area contributed by atoms with Crippen molar-refractivity contribution in [3.8, 4) is 11.1 Å². The predicted octanol–water partition coefficient (Wildman–Crippen LogP) is 7.16. The summed E-state index contributed by atoms with van der Waals surface area (Å²) in [4.78, 5) is 4.70. The molecule has 1 saturated carbocycles. The van der Waals surface area contributed by atoms with E-state index in [1.807, 2.05) is 0 Å². The summed E-state index contributed by atoms with van der Waals surface area (Å²) in [5, 5.41) is 0. The fraction of sp³-hybridized carbons (Fsp3) is 0.536. The van der Waals surface area contributed by atoms with Gasteiger partial charge in [0.2, 0.25) is 5.90 Å². The zero-order chi connectivity index (χ0) is 20.7. The van der Waals surface area contributed by atoms with Gasteiger partial charge in [0.05, 0.1) is 5.54 Å². The van der Waals surface area contributed by atoms with Gasteiger partial charge in [-0.3, -0.25) is 0 Å². The minimum Gasteiger partial charge on any atom is -0.475 e. The molecule has 0 radical (unpaired) electrons. The van der Waals surface area contributed by atoms with Crippen LogP contribution in [0.2, 0.25) is 0 Å². The zero-order valence-corrected chi connectivity index (χ0v) is 18.8. The highest BCUT2D eigenvalue weighted by molar-refractivity contribution is 5.95. The molecular formula is C28H35NO. The first-order valence-electron chi connectivity index (χ1n) is 12.0. The first-order chi connectivity index (χ1) is 14.5. The third kappa shape index (κ3) is 3.82. The lowest BCUT2D eigenvalue weighted by Crippen LogP contribution is -2.28. The fourth-order valence-electron chi connectivity index (χ4n) is 6.00. The molecule has 2 aromatic rings. The van der Waals surface area contributed by atoms with E-state index in [2.05, 4.69) is 63.2 Å². The first kappa shape index (κ1) is 19.8. The Hall–Kier alpha value is -2.09. The highest BCUT2D eigenvalue weighted by Crippen LogP contribution is 2.48. The van der Waals surface area contributed by atoms with Crippen LogP contribution in [-0.2, 0) is 11.2 Å². The van der Waals surface area contributed by atoms with E-state index in [4.69, 9.17) is 9.73 Å². The van der Waals surface area contributed by atoms with Crippen LogP contribution in [0.1, 0.15) is 81.9 Å². The van der Waals surface area contributed by atoms with E-state index in [1.165, 1.54) is 56.1 Å². The molecule has 3 unspecified atom stereocenters. The number of hydrogen-bond donors (Lipinski definition) is 0. The average Bonchev–Trinajstić information content (AvgIpc) is 3.13. The van der Waals surface area contributed by atoms with E-state index in [1.54, 1.807) is 11.1 Å². The van der Waals surface area contributed by atoms with Crippen molar-refractivity contribution < 1.29 is 4.74 Å². The minimum absolute atomic E-state index is 0.111. The standard InChI is InChI=1S/C28H35NO/c1-4-5-19-6-14-25-23(16-19)11-12-24-17-22(13-15-26(24)25)20-7-9-21(10-8-20)27-29-28(2,3)18-30-27/h7-10,13,15,17,19,23,25H,4-6,11-12,14,16,18H2,1-3H3. The molecule has 2 aliphatic carbocycles. The van der Waals surface area contributed by atoms with Crippen LogP contribution in [0, 0.1) is 11.8 Å². The molecule has 0 spiro atoms. The van der Waals surface area contributed by atoms with E-state index in [-0.39, 0.29) is 5.54 Å². The number of aliphatic imine (C=N–C) groups is 1. The molecule has 2 heteroatoms. The summed E-state index contributed by atoms with van der Waals surface area (Å²) in [6.45, 7) is 7.23. The van der Waals surface area contributed by atoms with Gasteiger partial charge in [0.25, 0.3) is 0 Å². The van der Waals surface area contributed by atoms with Gasteiger partial charge in [-0.1, -0.05) is 50.1 Å². The first-order valence-corrected chi connectivity index (χ1v) is 12.0. The number of ether oxygens (including phenoxy) is 1. The Morgan fingerprint density at radius 1 is 0.967 bits per heavy atom. The van der Waals surface area contributed by atoms with E-state index in [0.29, 0.717) is 6.61 Å². The van der Waals surface area contributed by atoms with Crippen molar-refractivity contribution in [2.24, 2.45) is 16.8 Å². The van der Waals surface area contributed by atoms with Crippen LogP contribution in [0.3, 0.4) is 0 Å². The van der Waals surface area contributed by atoms with Gasteiger partial charge in [-0.05, 0) is 98.1 Å². The Bertz CT molecular complexity index is 940. The molecular weight excluding hydrogens is 366 g/mol. The highest BCUT2D eigenvalue weighted by Gasteiger charge is 2.35. The number of nitrogens with zero attached hydrogens (tertiary/aromatic N) is 1. The molecule has 5 rings (SSSR count). The molecule has 3 atom stereocenters. The van der Waals surface area contributed by atoms with Crippen LogP contribution < -0.4 is 0 Å². The second kappa shape index (κ2) is 7.87. The number of benzene rings is 2. The van der Waals surface area contributed by atoms with Crippen molar-refractivity contribution in [2.75, 3.05) is 6.61 Å². The van der Waals surface area contributed by atoms with Crippen LogP contribution in [0.25, 0.3) is 11.1 Å². The smallest absolute Gasteiger partial charge is 0.216 e. The summed E-state index contributed by atoms with van der Waals surface area (Å²) in [6, 6.07) is 16.0. The third-order valence-electron chi connectivity index (χ3n) is 7.55. The van der Waals surface area contributed by atoms with Gasteiger partial charge < -0.3 is 4.74 Å². The number of aryl methyl sites for hydroxylation is 1. The Morgan fingerprint density at radius 2 is 1.73 bits per heavy atom. The largest absolute Gasteiger partial charge is 0.475 e. The molecule has 1 fully saturated rings. The summed E-state index contributed by atoms with van der Waals surface area (Å²) in [6.07, 6.45) is 9.70. The van der Waals surface area contributed by atoms with Gasteiger partial charge in [0.15, 0.2) is 0 Å². The molecule has 0 N–H and O–H groups in total. The molecule has 2 nitrogen and oxygen atoms in total. The van der Waals surface area contributed by atoms with Gasteiger partial charge in [-0.25, -0.2) is 4.99 Å². The van der Waals surface area contributed by atoms with E-state index in [9.17, 15) is 0 Å². The van der Waals surface area contributed by atoms with Crippen molar-refractivity contribution >= 4 is 5.90 Å². The summed E-state index contributed by atoms with van der Waals surface area (Å²) in [5.74, 6) is 3.49. The molecule has 2 aromatic carbocycles. The summed E-state index contributed by atoms with van der Waals surface area (Å²) in [7, 11) is 0. The topological polar surface area (TPSA) is 21.6 Å². The lowest BCUT2D eigenvalue weighted by atomic mass is 9.64. The van der Waals surface area contributed by atoms with Crippen LogP contribution >= 0.6 is 0 Å². The summed E-state index contributed by atoms with van der Waals surface area (Å²) in [5.41, 5.74) is 6.84. The second-order valence-electron chi connectivity index (χ2n) is 10.4. The minimum atomic E-state index is -0.111. The molecule has 0 saturated heterocycles. The lowest BCUT2D eigenvalue weighted by molar-refractivity contribution is 0.201. The Kier molecular flexibility index (Phi) is 5.21. The van der Waals surface area contributed by atoms with Gasteiger partial charge in [0, 0.05) is 5.56 Å². The van der Waals surface area contributed by atoms with Gasteiger partial charge in [-0.2, -0.15) is 0 Å². The third-order valence-corrected chi connectivity index (χ3v) is 7.55. The van der Waals surface area contributed by atoms with Gasteiger partial charge in [0.1, 0.15) is 6.61 Å². The number of rotatable bonds is 4. The Labute approximate surface area is 181 Å². The SMILES string of the molecule is CCCC1CCC2c3ccc(-c4ccc(C5=NC(C)(C)CO5)cc4)cc3CCC2C1. The monoisotopic (exact) mass is 401 g/mol. The summed E-state index contributed by atoms with van der Waals surface area (Å²) < 4.78 is 5.80. The van der Waals surface area contributed by atoms with Crippen molar-refractivity contribution in [3.63, 3.8) is 0 Å². The van der Waals surface area contributed by atoms with E-state index in [0.717, 1.165) is 29.2 Å². The van der Waals surface area contributed by atoms with Crippen molar-refractivity contribution in [1.29, 1.82) is 0 Å². The van der Waals surface area contributed by atoms with Crippen LogP contribution in [-0.4, -0.2) is 18.0 Å². The average molecular weight is 402 g/mol. The molecule has 1 heterocycles. The summed E-state index contributed by atoms with van der Waals surface area (Å²) >= 11 is 0. The van der Waals surface area contributed by atoms with Crippen LogP contribution in [0.4, 0.5) is 0 Å². The van der Waals surface area contributed by atoms with Crippen molar-refractivity contribution in [2.45, 2.75) is 77.2 Å². The molecule has 1 aliphatic heterocycles. The Morgan fingerprint density at radius 3 is 2.47 bits per heavy atom. The van der Waals surface area contributed by atoms with E-state index < -0.39 is 0 Å². The zero-order valence-electron chi connectivity index (χ0n) is 18.8. The predicted molar refractivity (Wildman–Crippen MR) is 125 cm³/mol. The van der Waals surface area contributed by atoms with E-state index >= 15 is 0 Å². The lowest BCUT2D eigenvalue weighted by Gasteiger charge is -2.40. The molecule has 0 amide bonds. The van der Waals surface area contributed by atoms with Crippen LogP contribution in [0.5, 0.6) is 0 Å². The number of hydrogen-bond acceptors (Lipinski definition) is 2. The highest BCUT2D eigenvalue weighted by atomic mass is 16.5. The van der Waals surface area contributed by atoms with Crippen molar-refractivity contribution in [1.82, 2.24) is 0 Å². The molecule has 0 bridgehead atoms. The van der Waals surface area contributed by atoms with Gasteiger partial charge >= 0.3 is 0 Å². The molecule has 0 aromatic heterocycles. The van der Waals surface area contributed by atoms with Crippen LogP contribution in [0.15, 0.2) is 47.5 Å². The van der Waals surface area contributed by atoms with Crippen molar-refractivity contribution in [3.05, 3.63) is 59.2 Å². The normalized spacial score (nSPS) is 27.0. The maximum atomic E-state index is 5.80. The molecule has 3 aliphatic rings. The maximum Gasteiger partial charge on any atom is 0.216 e. The van der Waals surface area contributed by atoms with Gasteiger partial charge in [-0.15, -0.1) is 0 Å². The fourth-order valence-corrected chi connectivity index (χ4v) is 6.00. The Balaban J connectivity index is 1.34. The number of fused-ring (bicyclic) bond motifs is 3.